The molecule has 39 heavy (non-hydrogen) atoms. The minimum absolute atomic E-state index is 0. The third-order valence-electron chi connectivity index (χ3n) is 6.03. The van der Waals surface area contributed by atoms with Crippen LogP contribution in [0.25, 0.3) is 0 Å². The highest BCUT2D eigenvalue weighted by atomic mass is 35.5. The zero-order valence-electron chi connectivity index (χ0n) is 23.7. The maximum Gasteiger partial charge on any atom is 0.410 e. The fourth-order valence-corrected chi connectivity index (χ4v) is 4.46. The SMILES string of the molecule is CC(C)(C)OC(=O)N1CC(n2cccn2)C[C@H]1C(C)(C)C.C[C@@H]1CC(n2cccn2)CN1.Cl.O=C=O.O=C=O. The van der Waals surface area contributed by atoms with Crippen LogP contribution in [0.15, 0.2) is 36.9 Å². The van der Waals surface area contributed by atoms with E-state index in [2.05, 4.69) is 43.2 Å². The van der Waals surface area contributed by atoms with Gasteiger partial charge in [0.25, 0.3) is 0 Å². The number of nitrogens with one attached hydrogen (secondary N) is 1. The first-order chi connectivity index (χ1) is 17.8. The van der Waals surface area contributed by atoms with E-state index < -0.39 is 5.60 Å². The van der Waals surface area contributed by atoms with Crippen LogP contribution in [0.2, 0.25) is 0 Å². The van der Waals surface area contributed by atoms with Gasteiger partial charge in [0.15, 0.2) is 0 Å². The quantitative estimate of drug-likeness (QED) is 0.574. The van der Waals surface area contributed by atoms with Gasteiger partial charge in [-0.15, -0.1) is 12.4 Å². The average Bonchev–Trinajstić information content (AvgIpc) is 3.60. The van der Waals surface area contributed by atoms with Gasteiger partial charge in [-0.25, -0.2) is 4.79 Å². The lowest BCUT2D eigenvalue weighted by atomic mass is 9.85. The first-order valence-electron chi connectivity index (χ1n) is 12.5. The van der Waals surface area contributed by atoms with E-state index in [0.29, 0.717) is 18.6 Å². The molecule has 4 rings (SSSR count). The van der Waals surface area contributed by atoms with Crippen molar-refractivity contribution in [3.63, 3.8) is 0 Å². The van der Waals surface area contributed by atoms with Crippen LogP contribution in [0.4, 0.5) is 4.79 Å². The number of hydrogen-bond donors (Lipinski definition) is 1. The number of likely N-dealkylation sites (tertiary alicyclic amines) is 1. The number of aromatic nitrogens is 4. The van der Waals surface area contributed by atoms with Crippen molar-refractivity contribution in [2.24, 2.45) is 5.41 Å². The van der Waals surface area contributed by atoms with Crippen molar-refractivity contribution in [2.45, 2.75) is 91.1 Å². The number of carbonyl (C=O) groups is 1. The highest BCUT2D eigenvalue weighted by Crippen LogP contribution is 2.38. The summed E-state index contributed by atoms with van der Waals surface area (Å²) in [6.07, 6.45) is 9.99. The van der Waals surface area contributed by atoms with Crippen LogP contribution in [-0.4, -0.2) is 73.6 Å². The molecule has 2 aromatic rings. The molecule has 0 radical (unpaired) electrons. The Morgan fingerprint density at radius 2 is 1.38 bits per heavy atom. The van der Waals surface area contributed by atoms with Gasteiger partial charge in [0.05, 0.1) is 12.1 Å². The Bertz CT molecular complexity index is 1010. The summed E-state index contributed by atoms with van der Waals surface area (Å²) in [5.41, 5.74) is -0.456. The molecular weight excluding hydrogens is 528 g/mol. The van der Waals surface area contributed by atoms with E-state index in [9.17, 15) is 4.79 Å². The molecule has 0 spiro atoms. The molecule has 2 saturated heterocycles. The third kappa shape index (κ3) is 12.4. The molecule has 0 aromatic carbocycles. The molecule has 0 bridgehead atoms. The first kappa shape index (κ1) is 35.7. The summed E-state index contributed by atoms with van der Waals surface area (Å²) in [5, 5.41) is 11.9. The molecule has 218 valence electrons. The zero-order valence-corrected chi connectivity index (χ0v) is 24.5. The van der Waals surface area contributed by atoms with E-state index in [1.54, 1.807) is 6.20 Å². The Kier molecular flexibility index (Phi) is 15.2. The molecule has 0 saturated carbocycles. The average molecular weight is 569 g/mol. The Morgan fingerprint density at radius 1 is 0.897 bits per heavy atom. The maximum atomic E-state index is 12.5. The summed E-state index contributed by atoms with van der Waals surface area (Å²) in [4.78, 5) is 46.9. The van der Waals surface area contributed by atoms with Gasteiger partial charge in [0.2, 0.25) is 0 Å². The summed E-state index contributed by atoms with van der Waals surface area (Å²) in [6.45, 7) is 16.1. The minimum atomic E-state index is -0.469. The van der Waals surface area contributed by atoms with Crippen molar-refractivity contribution in [1.82, 2.24) is 29.8 Å². The van der Waals surface area contributed by atoms with Crippen molar-refractivity contribution >= 4 is 30.8 Å². The van der Waals surface area contributed by atoms with Crippen LogP contribution in [0, 0.1) is 5.41 Å². The van der Waals surface area contributed by atoms with Crippen LogP contribution < -0.4 is 5.32 Å². The highest BCUT2D eigenvalue weighted by Gasteiger charge is 2.43. The third-order valence-corrected chi connectivity index (χ3v) is 6.03. The lowest BCUT2D eigenvalue weighted by Gasteiger charge is -2.35. The second-order valence-electron chi connectivity index (χ2n) is 11.2. The Morgan fingerprint density at radius 3 is 1.74 bits per heavy atom. The number of carbonyl (C=O) groups excluding carboxylic acids is 5. The smallest absolute Gasteiger partial charge is 0.410 e. The first-order valence-corrected chi connectivity index (χ1v) is 12.5. The van der Waals surface area contributed by atoms with Gasteiger partial charge in [0, 0.05) is 50.0 Å². The van der Waals surface area contributed by atoms with Crippen LogP contribution in [0.1, 0.15) is 73.4 Å². The number of hydrogen-bond acceptors (Lipinski definition) is 9. The topological polar surface area (TPSA) is 145 Å². The zero-order chi connectivity index (χ0) is 28.9. The van der Waals surface area contributed by atoms with Crippen LogP contribution >= 0.6 is 12.4 Å². The highest BCUT2D eigenvalue weighted by molar-refractivity contribution is 5.85. The number of amides is 1. The van der Waals surface area contributed by atoms with Crippen LogP contribution in [0.5, 0.6) is 0 Å². The van der Waals surface area contributed by atoms with Crippen molar-refractivity contribution < 1.29 is 28.7 Å². The Labute approximate surface area is 235 Å². The van der Waals surface area contributed by atoms with Gasteiger partial charge in [-0.2, -0.15) is 29.4 Å². The predicted molar refractivity (Wildman–Crippen MR) is 143 cm³/mol. The van der Waals surface area contributed by atoms with E-state index in [-0.39, 0.29) is 48.3 Å². The van der Waals surface area contributed by atoms with Crippen molar-refractivity contribution in [3.05, 3.63) is 36.9 Å². The molecular formula is C26H41ClN6O6. The normalized spacial score (nSPS) is 21.8. The van der Waals surface area contributed by atoms with Crippen LogP contribution in [-0.2, 0) is 23.9 Å². The molecule has 4 atom stereocenters. The van der Waals surface area contributed by atoms with Crippen molar-refractivity contribution in [3.8, 4) is 0 Å². The standard InChI is InChI=1S/C16H27N3O2.C8H13N3.2CO2.ClH/c1-15(2,3)13-10-12(19-9-7-8-17-19)11-18(13)14(20)21-16(4,5)6;1-7-5-8(6-9-7)11-4-2-3-10-11;2*2-1-3;/h7-9,12-13H,10-11H2,1-6H3;2-4,7-9H,5-6H2,1H3;;;1H/t12?,13-;7-,8?;;;/m01.../s1. The summed E-state index contributed by atoms with van der Waals surface area (Å²) < 4.78 is 9.56. The molecule has 12 nitrogen and oxygen atoms in total. The lowest BCUT2D eigenvalue weighted by molar-refractivity contribution is -0.193. The Balaban J connectivity index is 0.000000670. The molecule has 4 heterocycles. The molecule has 2 aromatic heterocycles. The van der Waals surface area contributed by atoms with Gasteiger partial charge in [0.1, 0.15) is 5.60 Å². The molecule has 2 fully saturated rings. The van der Waals surface area contributed by atoms with Gasteiger partial charge in [-0.3, -0.25) is 9.36 Å². The fourth-order valence-electron chi connectivity index (χ4n) is 4.46. The fraction of sp³-hybridized carbons (Fsp3) is 0.654. The van der Waals surface area contributed by atoms with Crippen molar-refractivity contribution in [2.75, 3.05) is 13.1 Å². The van der Waals surface area contributed by atoms with E-state index >= 15 is 0 Å². The van der Waals surface area contributed by atoms with Gasteiger partial charge < -0.3 is 15.0 Å². The van der Waals surface area contributed by atoms with Crippen LogP contribution in [0.3, 0.4) is 0 Å². The minimum Gasteiger partial charge on any atom is -0.444 e. The monoisotopic (exact) mass is 568 g/mol. The molecule has 2 unspecified atom stereocenters. The van der Waals surface area contributed by atoms with E-state index in [0.717, 1.165) is 13.0 Å². The summed E-state index contributed by atoms with van der Waals surface area (Å²) in [6, 6.07) is 5.48. The van der Waals surface area contributed by atoms with Gasteiger partial charge in [-0.1, -0.05) is 20.8 Å². The number of ether oxygens (including phenoxy) is 1. The van der Waals surface area contributed by atoms with Crippen molar-refractivity contribution in [1.29, 1.82) is 0 Å². The molecule has 1 amide bonds. The van der Waals surface area contributed by atoms with E-state index in [1.807, 2.05) is 65.8 Å². The molecule has 13 heteroatoms. The summed E-state index contributed by atoms with van der Waals surface area (Å²) >= 11 is 0. The molecule has 1 N–H and O–H groups in total. The second kappa shape index (κ2) is 16.6. The molecule has 2 aliphatic heterocycles. The summed E-state index contributed by atoms with van der Waals surface area (Å²) in [5.74, 6) is 0. The van der Waals surface area contributed by atoms with Gasteiger partial charge >= 0.3 is 18.4 Å². The Hall–Kier alpha value is -3.30. The summed E-state index contributed by atoms with van der Waals surface area (Å²) in [7, 11) is 0. The van der Waals surface area contributed by atoms with E-state index in [1.165, 1.54) is 6.42 Å². The predicted octanol–water partition coefficient (Wildman–Crippen LogP) is 3.54. The number of rotatable bonds is 2. The second-order valence-corrected chi connectivity index (χ2v) is 11.2. The largest absolute Gasteiger partial charge is 0.444 e. The number of nitrogens with zero attached hydrogens (tertiary/aromatic N) is 5. The van der Waals surface area contributed by atoms with E-state index in [4.69, 9.17) is 23.9 Å². The molecule has 2 aliphatic rings. The van der Waals surface area contributed by atoms with Gasteiger partial charge in [-0.05, 0) is 58.1 Å². The lowest BCUT2D eigenvalue weighted by Crippen LogP contribution is -2.45. The maximum absolute atomic E-state index is 12.5. The number of halogens is 1. The molecule has 0 aliphatic carbocycles.